The first-order chi connectivity index (χ1) is 10.7. The molecule has 1 aromatic rings. The summed E-state index contributed by atoms with van der Waals surface area (Å²) >= 11 is 0. The molecule has 0 radical (unpaired) electrons. The molecule has 2 aliphatic heterocycles. The van der Waals surface area contributed by atoms with Crippen molar-refractivity contribution in [2.45, 2.75) is 31.7 Å². The molecule has 120 valence electrons. The van der Waals surface area contributed by atoms with Crippen molar-refractivity contribution < 1.29 is 9.53 Å². The summed E-state index contributed by atoms with van der Waals surface area (Å²) in [5, 5.41) is 0. The Balaban J connectivity index is 1.67. The van der Waals surface area contributed by atoms with E-state index >= 15 is 0 Å². The van der Waals surface area contributed by atoms with Crippen LogP contribution in [0.1, 0.15) is 37.3 Å². The largest absolute Gasteiger partial charge is 0.497 e. The molecule has 2 atom stereocenters. The van der Waals surface area contributed by atoms with Crippen molar-refractivity contribution in [1.82, 2.24) is 9.80 Å². The molecule has 1 aromatic carbocycles. The zero-order valence-corrected chi connectivity index (χ0v) is 13.6. The van der Waals surface area contributed by atoms with E-state index in [0.717, 1.165) is 31.8 Å². The van der Waals surface area contributed by atoms with E-state index < -0.39 is 0 Å². The Morgan fingerprint density at radius 3 is 2.45 bits per heavy atom. The number of amides is 1. The third-order valence-corrected chi connectivity index (χ3v) is 5.10. The molecule has 2 saturated heterocycles. The lowest BCUT2D eigenvalue weighted by atomic mass is 9.98. The third kappa shape index (κ3) is 3.12. The predicted molar refractivity (Wildman–Crippen MR) is 86.9 cm³/mol. The van der Waals surface area contributed by atoms with Crippen LogP contribution in [0.25, 0.3) is 0 Å². The van der Waals surface area contributed by atoms with E-state index in [9.17, 15) is 4.79 Å². The Hall–Kier alpha value is -1.55. The minimum Gasteiger partial charge on any atom is -0.497 e. The normalized spacial score (nSPS) is 26.5. The summed E-state index contributed by atoms with van der Waals surface area (Å²) in [6.07, 6.45) is 4.82. The van der Waals surface area contributed by atoms with Crippen LogP contribution in [-0.2, 0) is 4.79 Å². The second-order valence-corrected chi connectivity index (χ2v) is 6.53. The van der Waals surface area contributed by atoms with Gasteiger partial charge in [0.25, 0.3) is 0 Å². The van der Waals surface area contributed by atoms with Gasteiger partial charge in [0.05, 0.1) is 19.1 Å². The minimum absolute atomic E-state index is 0.148. The zero-order chi connectivity index (χ0) is 15.5. The van der Waals surface area contributed by atoms with Gasteiger partial charge in [-0.3, -0.25) is 4.79 Å². The molecule has 0 spiro atoms. The average Bonchev–Trinajstić information content (AvgIpc) is 2.84. The Kier molecular flexibility index (Phi) is 4.67. The fourth-order valence-electron chi connectivity index (χ4n) is 3.76. The fraction of sp³-hybridized carbons (Fsp3) is 0.611. The molecule has 0 aliphatic carbocycles. The molecule has 0 bridgehead atoms. The van der Waals surface area contributed by atoms with Crippen LogP contribution in [-0.4, -0.2) is 49.5 Å². The highest BCUT2D eigenvalue weighted by Crippen LogP contribution is 2.36. The van der Waals surface area contributed by atoms with Crippen LogP contribution in [0.15, 0.2) is 24.3 Å². The van der Waals surface area contributed by atoms with Crippen molar-refractivity contribution >= 4 is 5.91 Å². The average molecular weight is 302 g/mol. The smallest absolute Gasteiger partial charge is 0.227 e. The highest BCUT2D eigenvalue weighted by molar-refractivity contribution is 5.81. The van der Waals surface area contributed by atoms with Gasteiger partial charge < -0.3 is 14.5 Å². The number of ether oxygens (including phenoxy) is 1. The SMILES string of the molecule is COc1ccc([C@@H]2C[C@H](CN3CCCCC3)C(=O)N2C)cc1. The molecule has 2 fully saturated rings. The number of benzene rings is 1. The first-order valence-electron chi connectivity index (χ1n) is 8.32. The van der Waals surface area contributed by atoms with E-state index in [1.165, 1.54) is 24.8 Å². The molecule has 0 N–H and O–H groups in total. The third-order valence-electron chi connectivity index (χ3n) is 5.10. The number of hydrogen-bond donors (Lipinski definition) is 0. The van der Waals surface area contributed by atoms with Gasteiger partial charge in [0.15, 0.2) is 0 Å². The summed E-state index contributed by atoms with van der Waals surface area (Å²) in [6, 6.07) is 8.32. The molecular formula is C18H26N2O2. The molecule has 0 saturated carbocycles. The van der Waals surface area contributed by atoms with Gasteiger partial charge in [-0.25, -0.2) is 0 Å². The number of methoxy groups -OCH3 is 1. The molecule has 4 nitrogen and oxygen atoms in total. The maximum atomic E-state index is 12.6. The predicted octanol–water partition coefficient (Wildman–Crippen LogP) is 2.70. The Morgan fingerprint density at radius 2 is 1.82 bits per heavy atom. The molecule has 2 heterocycles. The number of carbonyl (C=O) groups excluding carboxylic acids is 1. The van der Waals surface area contributed by atoms with Crippen molar-refractivity contribution in [3.05, 3.63) is 29.8 Å². The van der Waals surface area contributed by atoms with Crippen LogP contribution < -0.4 is 4.74 Å². The van der Waals surface area contributed by atoms with Crippen LogP contribution in [0, 0.1) is 5.92 Å². The fourth-order valence-corrected chi connectivity index (χ4v) is 3.76. The molecule has 0 unspecified atom stereocenters. The zero-order valence-electron chi connectivity index (χ0n) is 13.6. The van der Waals surface area contributed by atoms with E-state index in [1.807, 2.05) is 24.1 Å². The molecule has 2 aliphatic rings. The number of hydrogen-bond acceptors (Lipinski definition) is 3. The van der Waals surface area contributed by atoms with Crippen molar-refractivity contribution in [2.75, 3.05) is 33.8 Å². The maximum Gasteiger partial charge on any atom is 0.227 e. The van der Waals surface area contributed by atoms with Crippen LogP contribution in [0.2, 0.25) is 0 Å². The summed E-state index contributed by atoms with van der Waals surface area (Å²) in [5.41, 5.74) is 1.21. The lowest BCUT2D eigenvalue weighted by Gasteiger charge is -2.28. The van der Waals surface area contributed by atoms with E-state index in [2.05, 4.69) is 17.0 Å². The van der Waals surface area contributed by atoms with Gasteiger partial charge in [0, 0.05) is 13.6 Å². The molecule has 0 aromatic heterocycles. The summed E-state index contributed by atoms with van der Waals surface area (Å²) in [6.45, 7) is 3.23. The van der Waals surface area contributed by atoms with Crippen molar-refractivity contribution in [1.29, 1.82) is 0 Å². The summed E-state index contributed by atoms with van der Waals surface area (Å²) in [7, 11) is 3.61. The van der Waals surface area contributed by atoms with Gasteiger partial charge in [0.2, 0.25) is 5.91 Å². The van der Waals surface area contributed by atoms with Crippen molar-refractivity contribution in [3.8, 4) is 5.75 Å². The Morgan fingerprint density at radius 1 is 1.14 bits per heavy atom. The number of rotatable bonds is 4. The monoisotopic (exact) mass is 302 g/mol. The molecule has 22 heavy (non-hydrogen) atoms. The second-order valence-electron chi connectivity index (χ2n) is 6.53. The van der Waals surface area contributed by atoms with E-state index in [0.29, 0.717) is 5.91 Å². The number of nitrogens with zero attached hydrogens (tertiary/aromatic N) is 2. The maximum absolute atomic E-state index is 12.6. The van der Waals surface area contributed by atoms with Crippen molar-refractivity contribution in [3.63, 3.8) is 0 Å². The topological polar surface area (TPSA) is 32.8 Å². The van der Waals surface area contributed by atoms with Gasteiger partial charge in [-0.05, 0) is 50.0 Å². The first-order valence-corrected chi connectivity index (χ1v) is 8.32. The van der Waals surface area contributed by atoms with E-state index in [1.54, 1.807) is 7.11 Å². The van der Waals surface area contributed by atoms with E-state index in [4.69, 9.17) is 4.74 Å². The molecular weight excluding hydrogens is 276 g/mol. The number of carbonyl (C=O) groups is 1. The molecule has 1 amide bonds. The van der Waals surface area contributed by atoms with Gasteiger partial charge >= 0.3 is 0 Å². The highest BCUT2D eigenvalue weighted by atomic mass is 16.5. The van der Waals surface area contributed by atoms with Crippen LogP contribution in [0.3, 0.4) is 0 Å². The standard InChI is InChI=1S/C18H26N2O2/c1-19-17(14-6-8-16(22-2)9-7-14)12-15(18(19)21)13-20-10-4-3-5-11-20/h6-9,15,17H,3-5,10-13H2,1-2H3/t15-,17+/m1/s1. The first kappa shape index (κ1) is 15.3. The van der Waals surface area contributed by atoms with Crippen LogP contribution >= 0.6 is 0 Å². The summed E-state index contributed by atoms with van der Waals surface area (Å²) in [4.78, 5) is 17.0. The summed E-state index contributed by atoms with van der Waals surface area (Å²) < 4.78 is 5.21. The van der Waals surface area contributed by atoms with Crippen LogP contribution in [0.4, 0.5) is 0 Å². The van der Waals surface area contributed by atoms with Gasteiger partial charge in [-0.2, -0.15) is 0 Å². The number of piperidine rings is 1. The molecule has 3 rings (SSSR count). The summed E-state index contributed by atoms with van der Waals surface area (Å²) in [5.74, 6) is 1.31. The highest BCUT2D eigenvalue weighted by Gasteiger charge is 2.38. The Labute approximate surface area is 133 Å². The lowest BCUT2D eigenvalue weighted by molar-refractivity contribution is -0.131. The number of likely N-dealkylation sites (tertiary alicyclic amines) is 2. The Bertz CT molecular complexity index is 508. The van der Waals surface area contributed by atoms with Gasteiger partial charge in [0.1, 0.15) is 5.75 Å². The minimum atomic E-state index is 0.148. The van der Waals surface area contributed by atoms with Gasteiger partial charge in [-0.1, -0.05) is 18.6 Å². The van der Waals surface area contributed by atoms with Crippen LogP contribution in [0.5, 0.6) is 5.75 Å². The molecule has 4 heteroatoms. The van der Waals surface area contributed by atoms with Crippen molar-refractivity contribution in [2.24, 2.45) is 5.92 Å². The lowest BCUT2D eigenvalue weighted by Crippen LogP contribution is -2.36. The second kappa shape index (κ2) is 6.69. The van der Waals surface area contributed by atoms with E-state index in [-0.39, 0.29) is 12.0 Å². The van der Waals surface area contributed by atoms with Gasteiger partial charge in [-0.15, -0.1) is 0 Å². The quantitative estimate of drug-likeness (QED) is 0.857.